The van der Waals surface area contributed by atoms with Crippen molar-refractivity contribution in [1.29, 1.82) is 0 Å². The van der Waals surface area contributed by atoms with Crippen molar-refractivity contribution in [3.8, 4) is 45.6 Å². The van der Waals surface area contributed by atoms with Gasteiger partial charge in [0.05, 0.1) is 11.4 Å². The van der Waals surface area contributed by atoms with Crippen molar-refractivity contribution in [2.24, 2.45) is 0 Å². The molecule has 5 nitrogen and oxygen atoms in total. The monoisotopic (exact) mass is 622 g/mol. The standard InChI is InChI=1S/C42H46N4O/c1-27(2)35-17-11-18-36(28(3)4)39(35)45-23-21-43-41(45)31-13-9-15-33(25-31)47-34-16-10-14-32(26-34)42-44-22-24-46(42)40-37(29(5)6)19-12-20-38(40)30(7)8/h9-30H,1-8H3. The van der Waals surface area contributed by atoms with Crippen molar-refractivity contribution >= 4 is 0 Å². The molecule has 0 saturated heterocycles. The third-order valence-electron chi connectivity index (χ3n) is 8.87. The van der Waals surface area contributed by atoms with Crippen molar-refractivity contribution in [2.75, 3.05) is 0 Å². The molecule has 4 aromatic carbocycles. The first-order chi connectivity index (χ1) is 22.6. The lowest BCUT2D eigenvalue weighted by Crippen LogP contribution is -2.08. The molecule has 0 spiro atoms. The number of rotatable bonds is 10. The molecule has 0 unspecified atom stereocenters. The van der Waals surface area contributed by atoms with Gasteiger partial charge in [0.25, 0.3) is 0 Å². The highest BCUT2D eigenvalue weighted by Gasteiger charge is 2.20. The largest absolute Gasteiger partial charge is 0.457 e. The summed E-state index contributed by atoms with van der Waals surface area (Å²) in [7, 11) is 0. The minimum absolute atomic E-state index is 0.382. The zero-order valence-corrected chi connectivity index (χ0v) is 28.9. The first-order valence-electron chi connectivity index (χ1n) is 16.9. The molecule has 5 heteroatoms. The van der Waals surface area contributed by atoms with Gasteiger partial charge >= 0.3 is 0 Å². The minimum atomic E-state index is 0.382. The minimum Gasteiger partial charge on any atom is -0.457 e. The van der Waals surface area contributed by atoms with Gasteiger partial charge in [-0.05, 0) is 70.2 Å². The number of para-hydroxylation sites is 2. The fraction of sp³-hybridized carbons (Fsp3) is 0.286. The molecule has 0 aliphatic carbocycles. The molecule has 47 heavy (non-hydrogen) atoms. The Bertz CT molecular complexity index is 1800. The van der Waals surface area contributed by atoms with Crippen molar-refractivity contribution in [2.45, 2.75) is 79.1 Å². The maximum absolute atomic E-state index is 6.52. The van der Waals surface area contributed by atoms with Gasteiger partial charge in [-0.3, -0.25) is 9.13 Å². The summed E-state index contributed by atoms with van der Waals surface area (Å²) in [6.45, 7) is 18.0. The van der Waals surface area contributed by atoms with Crippen LogP contribution < -0.4 is 4.74 Å². The van der Waals surface area contributed by atoms with Crippen LogP contribution in [0.3, 0.4) is 0 Å². The zero-order valence-electron chi connectivity index (χ0n) is 28.9. The van der Waals surface area contributed by atoms with Gasteiger partial charge in [-0.2, -0.15) is 0 Å². The van der Waals surface area contributed by atoms with E-state index in [1.807, 2.05) is 36.7 Å². The zero-order chi connectivity index (χ0) is 33.2. The molecule has 6 aromatic rings. The van der Waals surface area contributed by atoms with Crippen LogP contribution in [0.5, 0.6) is 11.5 Å². The molecule has 240 valence electrons. The molecule has 0 N–H and O–H groups in total. The number of hydrogen-bond donors (Lipinski definition) is 0. The van der Waals surface area contributed by atoms with E-state index in [9.17, 15) is 0 Å². The van der Waals surface area contributed by atoms with E-state index in [0.29, 0.717) is 23.7 Å². The van der Waals surface area contributed by atoms with Crippen molar-refractivity contribution in [3.05, 3.63) is 132 Å². The van der Waals surface area contributed by atoms with Crippen LogP contribution >= 0.6 is 0 Å². The summed E-state index contributed by atoms with van der Waals surface area (Å²) < 4.78 is 11.0. The van der Waals surface area contributed by atoms with Crippen LogP contribution in [0.2, 0.25) is 0 Å². The highest BCUT2D eigenvalue weighted by atomic mass is 16.5. The molecule has 0 bridgehead atoms. The molecule has 2 heterocycles. The van der Waals surface area contributed by atoms with Gasteiger partial charge < -0.3 is 4.74 Å². The third kappa shape index (κ3) is 6.40. The van der Waals surface area contributed by atoms with E-state index in [1.165, 1.54) is 33.6 Å². The predicted octanol–water partition coefficient (Wildman–Crippen LogP) is 11.7. The second-order valence-electron chi connectivity index (χ2n) is 13.6. The second kappa shape index (κ2) is 13.4. The second-order valence-corrected chi connectivity index (χ2v) is 13.6. The van der Waals surface area contributed by atoms with Crippen LogP contribution in [-0.2, 0) is 0 Å². The molecule has 0 amide bonds. The van der Waals surface area contributed by atoms with Gasteiger partial charge in [-0.25, -0.2) is 9.97 Å². The Morgan fingerprint density at radius 2 is 0.809 bits per heavy atom. The van der Waals surface area contributed by atoms with Gasteiger partial charge in [0, 0.05) is 35.9 Å². The van der Waals surface area contributed by atoms with Crippen LogP contribution in [-0.4, -0.2) is 19.1 Å². The van der Waals surface area contributed by atoms with Crippen LogP contribution in [0.15, 0.2) is 110 Å². The summed E-state index contributed by atoms with van der Waals surface area (Å²) in [5.41, 5.74) is 9.70. The average Bonchev–Trinajstić information content (AvgIpc) is 3.75. The summed E-state index contributed by atoms with van der Waals surface area (Å²) in [5, 5.41) is 0. The Balaban J connectivity index is 1.35. The van der Waals surface area contributed by atoms with E-state index in [4.69, 9.17) is 14.7 Å². The van der Waals surface area contributed by atoms with Gasteiger partial charge in [0.2, 0.25) is 0 Å². The predicted molar refractivity (Wildman–Crippen MR) is 194 cm³/mol. The molecule has 0 atom stereocenters. The Morgan fingerprint density at radius 3 is 1.15 bits per heavy atom. The summed E-state index contributed by atoms with van der Waals surface area (Å²) in [4.78, 5) is 9.67. The van der Waals surface area contributed by atoms with Crippen molar-refractivity contribution in [3.63, 3.8) is 0 Å². The van der Waals surface area contributed by atoms with Crippen molar-refractivity contribution in [1.82, 2.24) is 19.1 Å². The van der Waals surface area contributed by atoms with Gasteiger partial charge in [-0.15, -0.1) is 0 Å². The first kappa shape index (κ1) is 32.1. The molecule has 0 saturated carbocycles. The smallest absolute Gasteiger partial charge is 0.144 e. The lowest BCUT2D eigenvalue weighted by Gasteiger charge is -2.22. The van der Waals surface area contributed by atoms with Gasteiger partial charge in [0.1, 0.15) is 23.1 Å². The van der Waals surface area contributed by atoms with Crippen LogP contribution in [0, 0.1) is 0 Å². The lowest BCUT2D eigenvalue weighted by atomic mass is 9.92. The van der Waals surface area contributed by atoms with Crippen molar-refractivity contribution < 1.29 is 4.74 Å². The van der Waals surface area contributed by atoms with E-state index in [-0.39, 0.29) is 0 Å². The molecule has 6 rings (SSSR count). The molecule has 2 aromatic heterocycles. The Hall–Kier alpha value is -4.90. The van der Waals surface area contributed by atoms with E-state index in [2.05, 4.69) is 138 Å². The number of imidazole rings is 2. The molecule has 0 fully saturated rings. The number of ether oxygens (including phenoxy) is 1. The Labute approximate surface area is 279 Å². The Morgan fingerprint density at radius 1 is 0.468 bits per heavy atom. The van der Waals surface area contributed by atoms with Gasteiger partial charge in [0.15, 0.2) is 0 Å². The fourth-order valence-corrected chi connectivity index (χ4v) is 6.51. The number of aromatic nitrogens is 4. The maximum atomic E-state index is 6.52. The number of hydrogen-bond acceptors (Lipinski definition) is 3. The Kier molecular flexibility index (Phi) is 9.17. The van der Waals surface area contributed by atoms with E-state index < -0.39 is 0 Å². The molecule has 0 radical (unpaired) electrons. The SMILES string of the molecule is CC(C)c1cccc(C(C)C)c1-n1ccnc1-c1cccc(Oc2cccc(-c3nccn3-c3c(C(C)C)cccc3C(C)C)c2)c1. The number of benzene rings is 4. The number of nitrogens with zero attached hydrogens (tertiary/aromatic N) is 4. The highest BCUT2D eigenvalue weighted by molar-refractivity contribution is 5.66. The third-order valence-corrected chi connectivity index (χ3v) is 8.87. The fourth-order valence-electron chi connectivity index (χ4n) is 6.51. The maximum Gasteiger partial charge on any atom is 0.144 e. The van der Waals surface area contributed by atoms with E-state index in [1.54, 1.807) is 0 Å². The molecule has 0 aliphatic rings. The average molecular weight is 623 g/mol. The summed E-state index contributed by atoms with van der Waals surface area (Å²) in [6, 6.07) is 29.7. The summed E-state index contributed by atoms with van der Waals surface area (Å²) in [5.74, 6) is 4.83. The van der Waals surface area contributed by atoms with E-state index >= 15 is 0 Å². The topological polar surface area (TPSA) is 44.9 Å². The highest BCUT2D eigenvalue weighted by Crippen LogP contribution is 2.37. The van der Waals surface area contributed by atoms with E-state index in [0.717, 1.165) is 34.3 Å². The molecular formula is C42H46N4O. The first-order valence-corrected chi connectivity index (χ1v) is 16.9. The summed E-state index contributed by atoms with van der Waals surface area (Å²) in [6.07, 6.45) is 7.92. The van der Waals surface area contributed by atoms with Crippen LogP contribution in [0.1, 0.15) is 101 Å². The van der Waals surface area contributed by atoms with Gasteiger partial charge in [-0.1, -0.05) is 116 Å². The lowest BCUT2D eigenvalue weighted by molar-refractivity contribution is 0.483. The van der Waals surface area contributed by atoms with Crippen LogP contribution in [0.4, 0.5) is 0 Å². The quantitative estimate of drug-likeness (QED) is 0.153. The molecular weight excluding hydrogens is 576 g/mol. The summed E-state index contributed by atoms with van der Waals surface area (Å²) >= 11 is 0. The molecule has 0 aliphatic heterocycles. The van der Waals surface area contributed by atoms with Crippen LogP contribution in [0.25, 0.3) is 34.2 Å². The normalized spacial score (nSPS) is 11.7.